The zero-order valence-electron chi connectivity index (χ0n) is 10.4. The van der Waals surface area contributed by atoms with Gasteiger partial charge in [-0.15, -0.1) is 6.58 Å². The van der Waals surface area contributed by atoms with Crippen LogP contribution in [0.25, 0.3) is 0 Å². The second-order valence-corrected chi connectivity index (χ2v) is 4.03. The van der Waals surface area contributed by atoms with Gasteiger partial charge in [-0.25, -0.2) is 0 Å². The van der Waals surface area contributed by atoms with Gasteiger partial charge in [0, 0.05) is 13.1 Å². The normalized spacial score (nSPS) is 9.53. The highest BCUT2D eigenvalue weighted by Gasteiger charge is 2.01. The van der Waals surface area contributed by atoms with E-state index in [1.807, 2.05) is 19.1 Å². The SMILES string of the molecule is C=CCN(CC#CC(=C)C)Cc1ccccc1. The fraction of sp³-hybridized carbons (Fsp3) is 0.250. The molecule has 0 spiro atoms. The van der Waals surface area contributed by atoms with Gasteiger partial charge < -0.3 is 0 Å². The fourth-order valence-electron chi connectivity index (χ4n) is 1.51. The standard InChI is InChI=1S/C16H19N/c1-4-12-17(13-8-9-15(2)3)14-16-10-6-5-7-11-16/h4-7,10-11H,1-2,12-14H2,3H3. The summed E-state index contributed by atoms with van der Waals surface area (Å²) in [7, 11) is 0. The van der Waals surface area contributed by atoms with E-state index in [4.69, 9.17) is 0 Å². The Morgan fingerprint density at radius 1 is 1.35 bits per heavy atom. The second kappa shape index (κ2) is 7.49. The van der Waals surface area contributed by atoms with Gasteiger partial charge in [0.15, 0.2) is 0 Å². The van der Waals surface area contributed by atoms with Gasteiger partial charge in [0.05, 0.1) is 6.54 Å². The van der Waals surface area contributed by atoms with Gasteiger partial charge in [-0.05, 0) is 18.1 Å². The summed E-state index contributed by atoms with van der Waals surface area (Å²) in [5.41, 5.74) is 2.20. The first-order chi connectivity index (χ1) is 8.22. The van der Waals surface area contributed by atoms with E-state index in [9.17, 15) is 0 Å². The van der Waals surface area contributed by atoms with Gasteiger partial charge in [0.25, 0.3) is 0 Å². The van der Waals surface area contributed by atoms with Gasteiger partial charge in [-0.3, -0.25) is 4.90 Å². The summed E-state index contributed by atoms with van der Waals surface area (Å²) >= 11 is 0. The number of hydrogen-bond donors (Lipinski definition) is 0. The van der Waals surface area contributed by atoms with Crippen LogP contribution in [0.5, 0.6) is 0 Å². The van der Waals surface area contributed by atoms with E-state index in [0.29, 0.717) is 0 Å². The van der Waals surface area contributed by atoms with E-state index in [0.717, 1.165) is 25.2 Å². The maximum absolute atomic E-state index is 3.78. The van der Waals surface area contributed by atoms with E-state index in [2.05, 4.69) is 54.2 Å². The Morgan fingerprint density at radius 3 is 2.65 bits per heavy atom. The molecule has 0 aliphatic heterocycles. The quantitative estimate of drug-likeness (QED) is 0.549. The molecular weight excluding hydrogens is 206 g/mol. The zero-order valence-corrected chi connectivity index (χ0v) is 10.4. The summed E-state index contributed by atoms with van der Waals surface area (Å²) in [6.45, 7) is 12.0. The largest absolute Gasteiger partial charge is 0.284 e. The molecule has 0 radical (unpaired) electrons. The number of nitrogens with zero attached hydrogens (tertiary/aromatic N) is 1. The predicted molar refractivity (Wildman–Crippen MR) is 74.5 cm³/mol. The first kappa shape index (κ1) is 13.3. The molecule has 0 fully saturated rings. The highest BCUT2D eigenvalue weighted by Crippen LogP contribution is 2.03. The first-order valence-corrected chi connectivity index (χ1v) is 5.74. The number of allylic oxidation sites excluding steroid dienone is 1. The third kappa shape index (κ3) is 5.75. The van der Waals surface area contributed by atoms with Gasteiger partial charge >= 0.3 is 0 Å². The van der Waals surface area contributed by atoms with E-state index < -0.39 is 0 Å². The minimum atomic E-state index is 0.744. The number of hydrogen-bond acceptors (Lipinski definition) is 1. The summed E-state index contributed by atoms with van der Waals surface area (Å²) in [5, 5.41) is 0. The van der Waals surface area contributed by atoms with E-state index >= 15 is 0 Å². The van der Waals surface area contributed by atoms with Crippen LogP contribution in [0.2, 0.25) is 0 Å². The van der Waals surface area contributed by atoms with Crippen molar-refractivity contribution in [1.29, 1.82) is 0 Å². The number of rotatable bonds is 5. The van der Waals surface area contributed by atoms with E-state index in [1.165, 1.54) is 5.56 Å². The van der Waals surface area contributed by atoms with Crippen LogP contribution in [0.3, 0.4) is 0 Å². The van der Waals surface area contributed by atoms with Crippen molar-refractivity contribution >= 4 is 0 Å². The van der Waals surface area contributed by atoms with Crippen LogP contribution in [0.4, 0.5) is 0 Å². The smallest absolute Gasteiger partial charge is 0.0611 e. The molecule has 0 N–H and O–H groups in total. The highest BCUT2D eigenvalue weighted by molar-refractivity contribution is 5.24. The van der Waals surface area contributed by atoms with Crippen LogP contribution in [0.15, 0.2) is 55.1 Å². The van der Waals surface area contributed by atoms with E-state index in [1.54, 1.807) is 0 Å². The van der Waals surface area contributed by atoms with E-state index in [-0.39, 0.29) is 0 Å². The van der Waals surface area contributed by atoms with Gasteiger partial charge in [0.2, 0.25) is 0 Å². The van der Waals surface area contributed by atoms with Crippen LogP contribution in [0, 0.1) is 11.8 Å². The molecule has 0 bridgehead atoms. The predicted octanol–water partition coefficient (Wildman–Crippen LogP) is 3.25. The van der Waals surface area contributed by atoms with Crippen molar-refractivity contribution in [3.8, 4) is 11.8 Å². The molecule has 1 aromatic carbocycles. The minimum Gasteiger partial charge on any atom is -0.284 e. The van der Waals surface area contributed by atoms with Gasteiger partial charge in [-0.1, -0.05) is 54.8 Å². The minimum absolute atomic E-state index is 0.744. The van der Waals surface area contributed by atoms with Crippen molar-refractivity contribution in [3.05, 3.63) is 60.7 Å². The van der Waals surface area contributed by atoms with Crippen molar-refractivity contribution in [1.82, 2.24) is 4.90 Å². The molecule has 1 heteroatoms. The molecular formula is C16H19N. The Balaban J connectivity index is 2.58. The van der Waals surface area contributed by atoms with Crippen molar-refractivity contribution in [2.24, 2.45) is 0 Å². The topological polar surface area (TPSA) is 3.24 Å². The lowest BCUT2D eigenvalue weighted by molar-refractivity contribution is 0.332. The summed E-state index contributed by atoms with van der Waals surface area (Å²) in [5.74, 6) is 6.12. The average Bonchev–Trinajstić information content (AvgIpc) is 2.30. The monoisotopic (exact) mass is 225 g/mol. The zero-order chi connectivity index (χ0) is 12.5. The third-order valence-electron chi connectivity index (χ3n) is 2.24. The molecule has 1 nitrogen and oxygen atoms in total. The molecule has 0 atom stereocenters. The summed E-state index contributed by atoms with van der Waals surface area (Å²) in [4.78, 5) is 2.25. The van der Waals surface area contributed by atoms with Crippen LogP contribution < -0.4 is 0 Å². The first-order valence-electron chi connectivity index (χ1n) is 5.74. The van der Waals surface area contributed by atoms with Crippen molar-refractivity contribution < 1.29 is 0 Å². The molecule has 0 heterocycles. The van der Waals surface area contributed by atoms with Crippen molar-refractivity contribution in [2.45, 2.75) is 13.5 Å². The molecule has 1 aromatic rings. The van der Waals surface area contributed by atoms with Crippen LogP contribution in [-0.2, 0) is 6.54 Å². The molecule has 0 aliphatic carbocycles. The molecule has 88 valence electrons. The Labute approximate surface area is 104 Å². The van der Waals surface area contributed by atoms with Gasteiger partial charge in [-0.2, -0.15) is 0 Å². The molecule has 0 saturated carbocycles. The molecule has 0 amide bonds. The summed E-state index contributed by atoms with van der Waals surface area (Å²) in [6, 6.07) is 10.4. The molecule has 0 saturated heterocycles. The van der Waals surface area contributed by atoms with Crippen molar-refractivity contribution in [3.63, 3.8) is 0 Å². The van der Waals surface area contributed by atoms with Crippen molar-refractivity contribution in [2.75, 3.05) is 13.1 Å². The van der Waals surface area contributed by atoms with Crippen LogP contribution in [0.1, 0.15) is 12.5 Å². The molecule has 17 heavy (non-hydrogen) atoms. The summed E-state index contributed by atoms with van der Waals surface area (Å²) < 4.78 is 0. The average molecular weight is 225 g/mol. The third-order valence-corrected chi connectivity index (χ3v) is 2.24. The lowest BCUT2D eigenvalue weighted by atomic mass is 10.2. The lowest BCUT2D eigenvalue weighted by Crippen LogP contribution is -2.23. The van der Waals surface area contributed by atoms with Crippen LogP contribution in [-0.4, -0.2) is 18.0 Å². The highest BCUT2D eigenvalue weighted by atomic mass is 15.1. The Bertz CT molecular complexity index is 420. The summed E-state index contributed by atoms with van der Waals surface area (Å²) in [6.07, 6.45) is 1.91. The molecule has 0 aliphatic rings. The molecule has 0 aromatic heterocycles. The fourth-order valence-corrected chi connectivity index (χ4v) is 1.51. The maximum Gasteiger partial charge on any atom is 0.0611 e. The Kier molecular flexibility index (Phi) is 5.85. The second-order valence-electron chi connectivity index (χ2n) is 4.03. The number of benzene rings is 1. The Morgan fingerprint density at radius 2 is 2.06 bits per heavy atom. The lowest BCUT2D eigenvalue weighted by Gasteiger charge is -2.17. The molecule has 0 unspecified atom stereocenters. The maximum atomic E-state index is 3.78. The van der Waals surface area contributed by atoms with Crippen LogP contribution >= 0.6 is 0 Å². The Hall–Kier alpha value is -1.78. The molecule has 1 rings (SSSR count). The van der Waals surface area contributed by atoms with Gasteiger partial charge in [0.1, 0.15) is 0 Å².